The largest absolute Gasteiger partial charge is 0.458 e. The molecule has 0 saturated carbocycles. The zero-order chi connectivity index (χ0) is 18.4. The molecule has 0 radical (unpaired) electrons. The van der Waals surface area contributed by atoms with Crippen molar-refractivity contribution in [2.24, 2.45) is 5.73 Å². The first kappa shape index (κ1) is 22.0. The smallest absolute Gasteiger partial charge is 0.246 e. The highest BCUT2D eigenvalue weighted by atomic mass is 32.2. The fourth-order valence-electron chi connectivity index (χ4n) is 1.53. The third kappa shape index (κ3) is 9.19. The highest BCUT2D eigenvalue weighted by molar-refractivity contribution is 7.99. The first-order chi connectivity index (χ1) is 11.6. The number of rotatable bonds is 9. The molecule has 0 aliphatic heterocycles. The molecule has 0 fully saturated rings. The van der Waals surface area contributed by atoms with Gasteiger partial charge < -0.3 is 10.5 Å². The summed E-state index contributed by atoms with van der Waals surface area (Å²) in [4.78, 5) is 12.5. The van der Waals surface area contributed by atoms with E-state index in [1.807, 2.05) is 24.3 Å². The van der Waals surface area contributed by atoms with E-state index in [-0.39, 0.29) is 5.91 Å². The van der Waals surface area contributed by atoms with E-state index in [1.54, 1.807) is 36.9 Å². The predicted octanol–water partition coefficient (Wildman–Crippen LogP) is 3.62. The molecule has 0 bridgehead atoms. The normalized spacial score (nSPS) is 9.83. The lowest BCUT2D eigenvalue weighted by atomic mass is 10.3. The summed E-state index contributed by atoms with van der Waals surface area (Å²) in [6.45, 7) is 9.38. The molecule has 0 saturated heterocycles. The Labute approximate surface area is 148 Å². The van der Waals surface area contributed by atoms with Crippen LogP contribution in [0.3, 0.4) is 0 Å². The van der Waals surface area contributed by atoms with Crippen molar-refractivity contribution in [3.63, 3.8) is 0 Å². The predicted molar refractivity (Wildman–Crippen MR) is 100 cm³/mol. The van der Waals surface area contributed by atoms with E-state index in [0.717, 1.165) is 9.96 Å². The molecule has 0 atom stereocenters. The molecule has 0 aliphatic carbocycles. The van der Waals surface area contributed by atoms with Crippen LogP contribution >= 0.6 is 11.8 Å². The molecule has 0 spiro atoms. The summed E-state index contributed by atoms with van der Waals surface area (Å²) in [5, 5.41) is 9.98. The third-order valence-electron chi connectivity index (χ3n) is 2.66. The summed E-state index contributed by atoms with van der Waals surface area (Å²) in [7, 11) is 1.50. The summed E-state index contributed by atoms with van der Waals surface area (Å²) in [5.41, 5.74) is 4.50. The Morgan fingerprint density at radius 3 is 2.54 bits per heavy atom. The number of allylic oxidation sites excluding steroid dienone is 3. The molecule has 0 unspecified atom stereocenters. The SMILES string of the molecule is C=C/C=C\C(=C)Oc1ccc(SCCC(=O)N(O)CC)cc1.CN. The van der Waals surface area contributed by atoms with Crippen molar-refractivity contribution >= 4 is 17.7 Å². The highest BCUT2D eigenvalue weighted by Crippen LogP contribution is 2.23. The number of benzene rings is 1. The maximum atomic E-state index is 11.4. The number of thioether (sulfide) groups is 1. The number of carbonyl (C=O) groups is 1. The summed E-state index contributed by atoms with van der Waals surface area (Å²) in [5.74, 6) is 1.59. The van der Waals surface area contributed by atoms with Gasteiger partial charge in [0.1, 0.15) is 11.5 Å². The van der Waals surface area contributed by atoms with Crippen LogP contribution in [-0.4, -0.2) is 35.5 Å². The van der Waals surface area contributed by atoms with Crippen LogP contribution < -0.4 is 10.5 Å². The van der Waals surface area contributed by atoms with Crippen LogP contribution in [0.2, 0.25) is 0 Å². The minimum atomic E-state index is -0.264. The minimum absolute atomic E-state index is 0.264. The summed E-state index contributed by atoms with van der Waals surface area (Å²) >= 11 is 1.55. The van der Waals surface area contributed by atoms with Crippen LogP contribution in [0.1, 0.15) is 13.3 Å². The van der Waals surface area contributed by atoms with Crippen molar-refractivity contribution in [3.8, 4) is 5.75 Å². The average molecular weight is 350 g/mol. The van der Waals surface area contributed by atoms with Gasteiger partial charge in [-0.15, -0.1) is 11.8 Å². The Morgan fingerprint density at radius 1 is 1.38 bits per heavy atom. The number of ether oxygens (including phenoxy) is 1. The molecule has 5 nitrogen and oxygen atoms in total. The summed E-state index contributed by atoms with van der Waals surface area (Å²) in [6, 6.07) is 7.54. The topological polar surface area (TPSA) is 75.8 Å². The monoisotopic (exact) mass is 350 g/mol. The van der Waals surface area contributed by atoms with Gasteiger partial charge in [-0.2, -0.15) is 0 Å². The second-order valence-electron chi connectivity index (χ2n) is 4.34. The summed E-state index contributed by atoms with van der Waals surface area (Å²) in [6.07, 6.45) is 5.44. The first-order valence-electron chi connectivity index (χ1n) is 7.52. The maximum absolute atomic E-state index is 11.4. The molecule has 0 aromatic heterocycles. The van der Waals surface area contributed by atoms with Crippen LogP contribution in [0.25, 0.3) is 0 Å². The number of hydroxylamine groups is 2. The van der Waals surface area contributed by atoms with Crippen molar-refractivity contribution in [2.45, 2.75) is 18.2 Å². The molecule has 1 aromatic rings. The fourth-order valence-corrected chi connectivity index (χ4v) is 2.37. The molecule has 1 aromatic carbocycles. The summed E-state index contributed by atoms with van der Waals surface area (Å²) < 4.78 is 5.53. The number of nitrogens with two attached hydrogens (primary N) is 1. The van der Waals surface area contributed by atoms with Gasteiger partial charge in [0, 0.05) is 23.6 Å². The van der Waals surface area contributed by atoms with E-state index in [1.165, 1.54) is 7.05 Å². The Bertz CT molecular complexity index is 542. The highest BCUT2D eigenvalue weighted by Gasteiger charge is 2.08. The molecular formula is C18H26N2O3S. The Balaban J connectivity index is 0.00000254. The van der Waals surface area contributed by atoms with Crippen LogP contribution in [0.5, 0.6) is 5.75 Å². The van der Waals surface area contributed by atoms with Gasteiger partial charge in [0.15, 0.2) is 0 Å². The fraction of sp³-hybridized carbons (Fsp3) is 0.278. The Morgan fingerprint density at radius 2 is 2.00 bits per heavy atom. The molecule has 6 heteroatoms. The molecule has 132 valence electrons. The van der Waals surface area contributed by atoms with Gasteiger partial charge in [0.2, 0.25) is 5.91 Å². The van der Waals surface area contributed by atoms with Crippen molar-refractivity contribution in [1.29, 1.82) is 0 Å². The van der Waals surface area contributed by atoms with Crippen LogP contribution in [-0.2, 0) is 4.79 Å². The first-order valence-corrected chi connectivity index (χ1v) is 8.51. The van der Waals surface area contributed by atoms with E-state index in [9.17, 15) is 10.0 Å². The van der Waals surface area contributed by atoms with Gasteiger partial charge in [0.25, 0.3) is 0 Å². The second kappa shape index (κ2) is 13.4. The quantitative estimate of drug-likeness (QED) is 0.234. The van der Waals surface area contributed by atoms with E-state index >= 15 is 0 Å². The molecule has 1 amide bonds. The van der Waals surface area contributed by atoms with E-state index in [4.69, 9.17) is 4.74 Å². The van der Waals surface area contributed by atoms with Gasteiger partial charge in [-0.3, -0.25) is 10.0 Å². The minimum Gasteiger partial charge on any atom is -0.458 e. The number of nitrogens with zero attached hydrogens (tertiary/aromatic N) is 1. The van der Waals surface area contributed by atoms with Crippen LogP contribution in [0, 0.1) is 0 Å². The number of carbonyl (C=O) groups excluding carboxylic acids is 1. The molecule has 3 N–H and O–H groups in total. The lowest BCUT2D eigenvalue weighted by Gasteiger charge is -2.11. The second-order valence-corrected chi connectivity index (χ2v) is 5.51. The van der Waals surface area contributed by atoms with Crippen molar-refractivity contribution in [2.75, 3.05) is 19.3 Å². The van der Waals surface area contributed by atoms with E-state index in [0.29, 0.717) is 30.2 Å². The van der Waals surface area contributed by atoms with E-state index in [2.05, 4.69) is 18.9 Å². The molecular weight excluding hydrogens is 324 g/mol. The zero-order valence-electron chi connectivity index (χ0n) is 14.3. The van der Waals surface area contributed by atoms with Gasteiger partial charge >= 0.3 is 0 Å². The molecule has 0 aliphatic rings. The van der Waals surface area contributed by atoms with Gasteiger partial charge in [-0.1, -0.05) is 25.3 Å². The van der Waals surface area contributed by atoms with Crippen LogP contribution in [0.4, 0.5) is 0 Å². The number of hydrogen-bond acceptors (Lipinski definition) is 5. The molecule has 1 rings (SSSR count). The maximum Gasteiger partial charge on any atom is 0.246 e. The van der Waals surface area contributed by atoms with Gasteiger partial charge in [0.05, 0.1) is 0 Å². The zero-order valence-corrected chi connectivity index (χ0v) is 15.1. The van der Waals surface area contributed by atoms with Gasteiger partial charge in [-0.25, -0.2) is 5.06 Å². The Hall–Kier alpha value is -2.02. The van der Waals surface area contributed by atoms with E-state index < -0.39 is 0 Å². The lowest BCUT2D eigenvalue weighted by molar-refractivity contribution is -0.163. The Kier molecular flexibility index (Phi) is 12.3. The molecule has 0 heterocycles. The van der Waals surface area contributed by atoms with Crippen molar-refractivity contribution in [1.82, 2.24) is 5.06 Å². The van der Waals surface area contributed by atoms with Gasteiger partial charge in [-0.05, 0) is 44.3 Å². The number of hydrogen-bond donors (Lipinski definition) is 2. The van der Waals surface area contributed by atoms with Crippen molar-refractivity contribution in [3.05, 3.63) is 61.4 Å². The van der Waals surface area contributed by atoms with Crippen molar-refractivity contribution < 1.29 is 14.7 Å². The van der Waals surface area contributed by atoms with Crippen LogP contribution in [0.15, 0.2) is 66.3 Å². The lowest BCUT2D eigenvalue weighted by Crippen LogP contribution is -2.27. The third-order valence-corrected chi connectivity index (χ3v) is 3.68. The molecule has 24 heavy (non-hydrogen) atoms. The standard InChI is InChI=1S/C17H21NO3S.CH5N/c1-4-6-7-14(3)21-15-8-10-16(11-9-15)22-13-12-17(19)18(20)5-2;1-2/h4,6-11,20H,1,3,5,12-13H2,2H3;2H2,1H3/b7-6-;. The number of amides is 1. The average Bonchev–Trinajstić information content (AvgIpc) is 2.62.